The third-order valence-electron chi connectivity index (χ3n) is 50.4. The summed E-state index contributed by atoms with van der Waals surface area (Å²) in [4.78, 5) is 0. The summed E-state index contributed by atoms with van der Waals surface area (Å²) in [5, 5.41) is 182. The van der Waals surface area contributed by atoms with Crippen LogP contribution in [0.15, 0.2) is 0 Å². The van der Waals surface area contributed by atoms with Gasteiger partial charge in [0.15, 0.2) is 0 Å². The van der Waals surface area contributed by atoms with Gasteiger partial charge < -0.3 is 0 Å². The Morgan fingerprint density at radius 1 is 0.0857 bits per heavy atom. The van der Waals surface area contributed by atoms with Gasteiger partial charge >= 0.3 is 0 Å². The summed E-state index contributed by atoms with van der Waals surface area (Å²) in [5.74, 6) is 0. The van der Waals surface area contributed by atoms with Crippen molar-refractivity contribution in [2.24, 2.45) is 0 Å². The molecule has 0 amide bonds. The second-order valence-corrected chi connectivity index (χ2v) is 80.0. The Bertz CT molecular complexity index is 15500. The van der Waals surface area contributed by atoms with Gasteiger partial charge in [-0.3, -0.25) is 0 Å². The van der Waals surface area contributed by atoms with Crippen molar-refractivity contribution in [1.29, 1.82) is 0 Å². The summed E-state index contributed by atoms with van der Waals surface area (Å²) < 4.78 is 0. The first kappa shape index (κ1) is 56.7. The van der Waals surface area contributed by atoms with E-state index in [4.69, 9.17) is 0 Å². The fourth-order valence-electron chi connectivity index (χ4n) is 51.5. The van der Waals surface area contributed by atoms with E-state index in [2.05, 4.69) is 78.6 Å². The Balaban J connectivity index is 0.0000000922. The van der Waals surface area contributed by atoms with Crippen LogP contribution in [0, 0.1) is 0 Å². The molecule has 0 bridgehead atoms. The van der Waals surface area contributed by atoms with Crippen LogP contribution in [-0.2, 0) is 21.7 Å². The molecule has 55 aromatic rings. The number of benzene rings is 34. The van der Waals surface area contributed by atoms with Crippen LogP contribution in [-0.4, -0.2) is 32.3 Å². The van der Waals surface area contributed by atoms with Crippen LogP contribution in [0.1, 0.15) is 55.6 Å². The van der Waals surface area contributed by atoms with Gasteiger partial charge in [0.25, 0.3) is 0 Å². The molecule has 0 radical (unpaired) electrons. The Hall–Kier alpha value is -14.2. The third kappa shape index (κ3) is 3.28. The van der Waals surface area contributed by atoms with E-state index in [9.17, 15) is 0 Å². The van der Waals surface area contributed by atoms with Crippen molar-refractivity contribution in [3.05, 3.63) is 55.6 Å². The number of hydrogen-bond donors (Lipinski definition) is 0. The first-order chi connectivity index (χ1) is 68.3. The quantitative estimate of drug-likeness (QED) is 0.105. The first-order valence-electron chi connectivity index (χ1n) is 53.8. The highest BCUT2D eigenvalue weighted by Crippen LogP contribution is 2.91. The standard InChI is InChI=1S/2C68H22Si2/c1-69(2,3)7-67-61-53-44-37-24-17-11-12-14-10-9-13(11)22(24)28-26-15(9)19-16(10)27-29-23(14)25-18(12)21-20(17)31-39-32(21)41-38(25)45-43(29)47-34(27)36-30(19)35-33(26)46(42(28)44)57(61)59-48(35)49(36)60-58(47)62-54(45)51(41)56-52(39)55(50(53)40(31)37)63(67)64(56)68(62,8-70(4,5)6)66(60)65(59)67;1-69(2,3)7-67-63-56-49-37-29-20-11-9-10-12-15(11)24-31(29)39-40-32(24)30-21(12)23-19-14(10)17-16-13(9)18-22(20)35(37)43-41-27(18)25(16)33-34-26(17)28(19)42-44-36(23)38(30)50-52(40)61(60(63)51(39)49)64-57(50)55(44)59-48(42)46(34)53-45(33)47(41)58(54(43)56)65(67)62(53)66(59)68(64,67)8-70(4,5)6/h2*7-8H2,1-6H3/t2*67-,68+. The molecule has 0 unspecified atom stereocenters. The maximum atomic E-state index is 2.79. The van der Waals surface area contributed by atoms with Crippen molar-refractivity contribution in [3.8, 4) is 0 Å². The number of hydrogen-bond acceptors (Lipinski definition) is 0. The SMILES string of the molecule is C[Si](C)(C)C[C@]12c3c4c5c6c7c8c(c9c%10c1c1c%11c3c3c%12c4c4c6c6c7c7c%13c8c9c8c9c%10c1c1c%10c%11c3c3c%11c%12c4c4c6c6c7c7c%13c8c8c9c1c1c%10c3c3c%11c4c6c4c7c8c1c34)[C@@]52C[Si](C)(C)C.C[Si](C)(C)C[C@]12c3c4c5c6c7c8c9c%10c(c1c1c%11c2c2c%12c3c5c3c5c%12c%12c2c2c%11c%11c%13c1c%10c1c%10c9c9c7c7c6c3c3c5c5c%12c6c2c%11c2c(c%131)c1c%10c9c9c7c3c3c9c1c2c6c53)[C@@]48C[Si](C)(C)C. The highest BCUT2D eigenvalue weighted by molar-refractivity contribution is 6.90. The summed E-state index contributed by atoms with van der Waals surface area (Å²) in [6.45, 7) is 33.4. The summed E-state index contributed by atoms with van der Waals surface area (Å²) in [7, 11) is -7.31. The molecule has 4 heteroatoms. The van der Waals surface area contributed by atoms with Crippen molar-refractivity contribution >= 4 is 603 Å². The molecular weight excluding hydrogens is 1750 g/mol. The highest BCUT2D eigenvalue weighted by Gasteiger charge is 2.74. The van der Waals surface area contributed by atoms with E-state index in [1.165, 1.54) is 24.2 Å². The zero-order valence-corrected chi connectivity index (χ0v) is 80.8. The lowest BCUT2D eigenvalue weighted by atomic mass is 9.51. The second-order valence-electron chi connectivity index (χ2n) is 58.1. The van der Waals surface area contributed by atoms with Crippen LogP contribution >= 0.6 is 0 Å². The molecule has 140 heavy (non-hydrogen) atoms. The minimum Gasteiger partial charge on any atom is -0.0695 e. The Morgan fingerprint density at radius 2 is 0.164 bits per heavy atom. The summed E-state index contributed by atoms with van der Waals surface area (Å²) in [5.41, 5.74) is 18.2. The smallest absolute Gasteiger partial charge is 0.0460 e. The average molecular weight is 1790 g/mol. The van der Waals surface area contributed by atoms with Gasteiger partial charge in [0.2, 0.25) is 0 Å². The van der Waals surface area contributed by atoms with Crippen molar-refractivity contribution in [2.75, 3.05) is 0 Å². The maximum absolute atomic E-state index is 2.79. The fourth-order valence-corrected chi connectivity index (χ4v) is 60.2. The molecule has 0 aromatic heterocycles. The van der Waals surface area contributed by atoms with Gasteiger partial charge in [-0.05, 0) is 651 Å². The fraction of sp³-hybridized carbons (Fsp3) is 0.147. The Kier molecular flexibility index (Phi) is 5.21. The lowest BCUT2D eigenvalue weighted by Crippen LogP contribution is -2.55. The highest BCUT2D eigenvalue weighted by atomic mass is 28.3. The zero-order valence-electron chi connectivity index (χ0n) is 76.8. The van der Waals surface area contributed by atoms with Gasteiger partial charge in [-0.2, -0.15) is 0 Å². The predicted octanol–water partition coefficient (Wildman–Crippen LogP) is 39.6. The Morgan fingerprint density at radius 3 is 0.300 bits per heavy atom. The Labute approximate surface area is 776 Å². The van der Waals surface area contributed by atoms with Crippen LogP contribution in [0.3, 0.4) is 0 Å². The van der Waals surface area contributed by atoms with Crippen LogP contribution in [0.25, 0.3) is 571 Å². The zero-order chi connectivity index (χ0) is 85.8. The lowest BCUT2D eigenvalue weighted by molar-refractivity contribution is 0.384. The summed E-state index contributed by atoms with van der Waals surface area (Å²) in [6, 6.07) is 5.28. The topological polar surface area (TPSA) is 0 Å². The van der Waals surface area contributed by atoms with E-state index in [-0.39, 0.29) is 21.7 Å². The van der Waals surface area contributed by atoms with Crippen molar-refractivity contribution in [2.45, 2.75) is 124 Å². The molecular formula is C136H44Si4. The van der Waals surface area contributed by atoms with Gasteiger partial charge in [0, 0.05) is 54.0 Å². The number of rotatable bonds is 8. The minimum atomic E-state index is -1.84. The third-order valence-corrected chi connectivity index (χ3v) is 56.8. The van der Waals surface area contributed by atoms with Crippen LogP contribution in [0.2, 0.25) is 103 Å². The molecule has 0 N–H and O–H groups in total. The molecule has 4 atom stereocenters. The van der Waals surface area contributed by atoms with Gasteiger partial charge in [-0.15, -0.1) is 0 Å². The molecule has 64 rings (SSSR count). The van der Waals surface area contributed by atoms with Crippen molar-refractivity contribution in [3.63, 3.8) is 0 Å². The maximum Gasteiger partial charge on any atom is 0.0460 e. The van der Waals surface area contributed by atoms with E-state index in [1.54, 1.807) is 571 Å². The second kappa shape index (κ2) is 12.8. The molecule has 0 saturated heterocycles. The van der Waals surface area contributed by atoms with Gasteiger partial charge in [0.05, 0.1) is 0 Å². The first-order valence-corrected chi connectivity index (χ1v) is 68.7. The molecule has 55 aromatic carbocycles. The molecule has 0 spiro atoms. The van der Waals surface area contributed by atoms with Gasteiger partial charge in [-0.25, -0.2) is 0 Å². The molecule has 0 nitrogen and oxygen atoms in total. The van der Waals surface area contributed by atoms with E-state index in [0.29, 0.717) is 0 Å². The van der Waals surface area contributed by atoms with Gasteiger partial charge in [-0.1, -0.05) is 78.6 Å². The van der Waals surface area contributed by atoms with Crippen LogP contribution in [0.5, 0.6) is 0 Å². The largest absolute Gasteiger partial charge is 0.0695 e. The summed E-state index contributed by atoms with van der Waals surface area (Å²) >= 11 is 0. The molecule has 9 aliphatic rings. The molecule has 9 aliphatic carbocycles. The van der Waals surface area contributed by atoms with Crippen LogP contribution < -0.4 is 0 Å². The molecule has 0 fully saturated rings. The predicted molar refractivity (Wildman–Crippen MR) is 619 cm³/mol. The lowest BCUT2D eigenvalue weighted by Gasteiger charge is -2.56. The van der Waals surface area contributed by atoms with E-state index < -0.39 is 32.3 Å². The van der Waals surface area contributed by atoms with Crippen molar-refractivity contribution < 1.29 is 0 Å². The van der Waals surface area contributed by atoms with Crippen LogP contribution in [0.4, 0.5) is 0 Å². The average Bonchev–Trinajstić information content (AvgIpc) is 1.38. The van der Waals surface area contributed by atoms with Gasteiger partial charge in [0.1, 0.15) is 0 Å². The minimum absolute atomic E-state index is 0.108. The molecule has 0 aliphatic heterocycles. The van der Waals surface area contributed by atoms with E-state index >= 15 is 0 Å². The molecule has 0 saturated carbocycles. The van der Waals surface area contributed by atoms with E-state index in [1.807, 2.05) is 55.6 Å². The normalized spacial score (nSPS) is 22.4. The molecule has 0 heterocycles. The molecule has 604 valence electrons. The monoisotopic (exact) mass is 1790 g/mol. The van der Waals surface area contributed by atoms with Crippen molar-refractivity contribution in [1.82, 2.24) is 0 Å². The van der Waals surface area contributed by atoms with E-state index in [0.717, 1.165) is 0 Å². The summed E-state index contributed by atoms with van der Waals surface area (Å²) in [6.07, 6.45) is 0.